The van der Waals surface area contributed by atoms with Gasteiger partial charge in [-0.15, -0.1) is 0 Å². The first-order valence-corrected chi connectivity index (χ1v) is 7.05. The number of halogens is 1. The minimum Gasteiger partial charge on any atom is -0.373 e. The van der Waals surface area contributed by atoms with Gasteiger partial charge in [0.15, 0.2) is 5.34 Å². The Balaban J connectivity index is 3.29. The first kappa shape index (κ1) is 14.7. The molecule has 0 aliphatic heterocycles. The SMILES string of the molecule is CC[C@](O)(c1ccc(Cl)cc1)P(=O)(OC)OC. The molecule has 6 heteroatoms. The lowest BCUT2D eigenvalue weighted by Gasteiger charge is -2.32. The second kappa shape index (κ2) is 5.51. The highest BCUT2D eigenvalue weighted by atomic mass is 35.5. The largest absolute Gasteiger partial charge is 0.373 e. The molecule has 0 saturated carbocycles. The van der Waals surface area contributed by atoms with Gasteiger partial charge in [0.05, 0.1) is 0 Å². The van der Waals surface area contributed by atoms with Crippen molar-refractivity contribution in [3.63, 3.8) is 0 Å². The molecule has 1 aromatic carbocycles. The second-order valence-electron chi connectivity index (χ2n) is 3.54. The zero-order valence-corrected chi connectivity index (χ0v) is 11.7. The predicted molar refractivity (Wildman–Crippen MR) is 67.3 cm³/mol. The normalized spacial score (nSPS) is 15.6. The maximum absolute atomic E-state index is 12.4. The number of benzene rings is 1. The van der Waals surface area contributed by atoms with Crippen molar-refractivity contribution < 1.29 is 18.7 Å². The van der Waals surface area contributed by atoms with Gasteiger partial charge in [0.2, 0.25) is 0 Å². The van der Waals surface area contributed by atoms with E-state index in [2.05, 4.69) is 0 Å². The van der Waals surface area contributed by atoms with E-state index in [0.29, 0.717) is 10.6 Å². The van der Waals surface area contributed by atoms with E-state index in [1.165, 1.54) is 14.2 Å². The Morgan fingerprint density at radius 3 is 2.12 bits per heavy atom. The van der Waals surface area contributed by atoms with Crippen LogP contribution < -0.4 is 0 Å². The van der Waals surface area contributed by atoms with Gasteiger partial charge in [-0.2, -0.15) is 0 Å². The van der Waals surface area contributed by atoms with Crippen molar-refractivity contribution >= 4 is 19.2 Å². The topological polar surface area (TPSA) is 55.8 Å². The van der Waals surface area contributed by atoms with Crippen LogP contribution >= 0.6 is 19.2 Å². The van der Waals surface area contributed by atoms with E-state index >= 15 is 0 Å². The van der Waals surface area contributed by atoms with Gasteiger partial charge >= 0.3 is 7.60 Å². The molecule has 0 bridgehead atoms. The molecule has 0 unspecified atom stereocenters. The summed E-state index contributed by atoms with van der Waals surface area (Å²) in [5, 5.41) is 9.42. The van der Waals surface area contributed by atoms with Crippen LogP contribution in [0.2, 0.25) is 5.02 Å². The van der Waals surface area contributed by atoms with Gasteiger partial charge in [0.25, 0.3) is 0 Å². The zero-order valence-electron chi connectivity index (χ0n) is 10.0. The van der Waals surface area contributed by atoms with Crippen LogP contribution in [0.5, 0.6) is 0 Å². The quantitative estimate of drug-likeness (QED) is 0.839. The summed E-state index contributed by atoms with van der Waals surface area (Å²) in [6.45, 7) is 1.71. The third-order valence-electron chi connectivity index (χ3n) is 2.73. The molecular formula is C11H16ClO4P. The molecular weight excluding hydrogens is 263 g/mol. The molecule has 4 nitrogen and oxygen atoms in total. The summed E-state index contributed by atoms with van der Waals surface area (Å²) < 4.78 is 22.1. The lowest BCUT2D eigenvalue weighted by molar-refractivity contribution is 0.0730. The van der Waals surface area contributed by atoms with Crippen molar-refractivity contribution in [2.45, 2.75) is 18.7 Å². The molecule has 1 rings (SSSR count). The van der Waals surface area contributed by atoms with Crippen molar-refractivity contribution in [3.05, 3.63) is 34.9 Å². The Kier molecular flexibility index (Phi) is 4.76. The van der Waals surface area contributed by atoms with E-state index in [1.54, 1.807) is 31.2 Å². The van der Waals surface area contributed by atoms with Crippen LogP contribution in [-0.2, 0) is 19.0 Å². The first-order chi connectivity index (χ1) is 7.93. The Labute approximate surface area is 106 Å². The van der Waals surface area contributed by atoms with Gasteiger partial charge in [0, 0.05) is 19.2 Å². The Bertz CT molecular complexity index is 412. The Hall–Kier alpha value is -0.380. The van der Waals surface area contributed by atoms with Gasteiger partial charge in [-0.1, -0.05) is 30.7 Å². The third kappa shape index (κ3) is 2.56. The minimum absolute atomic E-state index is 0.202. The molecule has 0 aliphatic rings. The van der Waals surface area contributed by atoms with Crippen LogP contribution in [0.4, 0.5) is 0 Å². The highest BCUT2D eigenvalue weighted by Gasteiger charge is 2.48. The summed E-state index contributed by atoms with van der Waals surface area (Å²) in [7, 11) is -1.13. The highest BCUT2D eigenvalue weighted by molar-refractivity contribution is 7.54. The summed E-state index contributed by atoms with van der Waals surface area (Å²) in [4.78, 5) is 0. The monoisotopic (exact) mass is 278 g/mol. The molecule has 0 spiro atoms. The fourth-order valence-corrected chi connectivity index (χ4v) is 3.38. The van der Waals surface area contributed by atoms with Crippen LogP contribution in [0.3, 0.4) is 0 Å². The summed E-state index contributed by atoms with van der Waals surface area (Å²) >= 11 is 5.77. The lowest BCUT2D eigenvalue weighted by Crippen LogP contribution is -2.26. The summed E-state index contributed by atoms with van der Waals surface area (Å²) in [5.74, 6) is 0. The van der Waals surface area contributed by atoms with Crippen molar-refractivity contribution in [1.82, 2.24) is 0 Å². The molecule has 0 fully saturated rings. The van der Waals surface area contributed by atoms with E-state index in [1.807, 2.05) is 0 Å². The van der Waals surface area contributed by atoms with Gasteiger partial charge < -0.3 is 14.2 Å². The molecule has 96 valence electrons. The summed E-state index contributed by atoms with van der Waals surface area (Å²) in [5.41, 5.74) is 0.455. The van der Waals surface area contributed by atoms with Gasteiger partial charge in [-0.05, 0) is 24.1 Å². The maximum Gasteiger partial charge on any atom is 0.365 e. The van der Waals surface area contributed by atoms with Crippen LogP contribution in [0.15, 0.2) is 24.3 Å². The van der Waals surface area contributed by atoms with Gasteiger partial charge in [-0.3, -0.25) is 4.57 Å². The van der Waals surface area contributed by atoms with Crippen LogP contribution in [0.25, 0.3) is 0 Å². The maximum atomic E-state index is 12.4. The predicted octanol–water partition coefficient (Wildman–Crippen LogP) is 3.38. The smallest absolute Gasteiger partial charge is 0.365 e. The molecule has 1 atom stereocenters. The average Bonchev–Trinajstić information content (AvgIpc) is 2.37. The molecule has 0 saturated heterocycles. The number of hydrogen-bond donors (Lipinski definition) is 1. The van der Waals surface area contributed by atoms with E-state index in [-0.39, 0.29) is 6.42 Å². The molecule has 0 amide bonds. The summed E-state index contributed by atoms with van der Waals surface area (Å²) in [6, 6.07) is 6.45. The average molecular weight is 279 g/mol. The number of aliphatic hydroxyl groups is 1. The summed E-state index contributed by atoms with van der Waals surface area (Å²) in [6.07, 6.45) is 0.202. The Morgan fingerprint density at radius 1 is 1.29 bits per heavy atom. The zero-order chi connectivity index (χ0) is 13.1. The Morgan fingerprint density at radius 2 is 1.76 bits per heavy atom. The fraction of sp³-hybridized carbons (Fsp3) is 0.455. The van der Waals surface area contributed by atoms with Crippen molar-refractivity contribution in [2.24, 2.45) is 0 Å². The lowest BCUT2D eigenvalue weighted by atomic mass is 10.1. The molecule has 17 heavy (non-hydrogen) atoms. The molecule has 1 N–H and O–H groups in total. The molecule has 0 radical (unpaired) electrons. The second-order valence-corrected chi connectivity index (χ2v) is 6.44. The standard InChI is InChI=1S/C11H16ClO4P/c1-4-11(13,17(14,15-2)16-3)9-5-7-10(12)8-6-9/h5-8,13H,4H2,1-3H3/t11-/m1/s1. The van der Waals surface area contributed by atoms with Crippen molar-refractivity contribution in [3.8, 4) is 0 Å². The third-order valence-corrected chi connectivity index (χ3v) is 5.43. The van der Waals surface area contributed by atoms with E-state index in [9.17, 15) is 9.67 Å². The molecule has 0 heterocycles. The number of hydrogen-bond acceptors (Lipinski definition) is 4. The first-order valence-electron chi connectivity index (χ1n) is 5.13. The van der Waals surface area contributed by atoms with Crippen LogP contribution in [0.1, 0.15) is 18.9 Å². The number of rotatable bonds is 5. The van der Waals surface area contributed by atoms with E-state index in [0.717, 1.165) is 0 Å². The van der Waals surface area contributed by atoms with E-state index in [4.69, 9.17) is 20.6 Å². The van der Waals surface area contributed by atoms with Crippen LogP contribution in [-0.4, -0.2) is 19.3 Å². The molecule has 0 aromatic heterocycles. The highest BCUT2D eigenvalue weighted by Crippen LogP contribution is 2.64. The molecule has 0 aliphatic carbocycles. The van der Waals surface area contributed by atoms with Gasteiger partial charge in [-0.25, -0.2) is 0 Å². The van der Waals surface area contributed by atoms with E-state index < -0.39 is 12.9 Å². The van der Waals surface area contributed by atoms with Crippen molar-refractivity contribution in [1.29, 1.82) is 0 Å². The van der Waals surface area contributed by atoms with Gasteiger partial charge in [0.1, 0.15) is 0 Å². The van der Waals surface area contributed by atoms with Crippen molar-refractivity contribution in [2.75, 3.05) is 14.2 Å². The molecule has 1 aromatic rings. The minimum atomic E-state index is -3.63. The fourth-order valence-electron chi connectivity index (χ4n) is 1.65. The van der Waals surface area contributed by atoms with Crippen LogP contribution in [0, 0.1) is 0 Å².